The van der Waals surface area contributed by atoms with Gasteiger partial charge >= 0.3 is 0 Å². The van der Waals surface area contributed by atoms with Gasteiger partial charge in [-0.3, -0.25) is 4.79 Å². The van der Waals surface area contributed by atoms with Gasteiger partial charge in [0.05, 0.1) is 5.75 Å². The minimum Gasteiger partial charge on any atom is -0.355 e. The van der Waals surface area contributed by atoms with Crippen molar-refractivity contribution in [2.45, 2.75) is 11.6 Å². The lowest BCUT2D eigenvalue weighted by atomic mass is 10.1. The molecule has 0 atom stereocenters. The molecule has 0 spiro atoms. The van der Waals surface area contributed by atoms with Crippen molar-refractivity contribution in [1.82, 2.24) is 20.2 Å². The van der Waals surface area contributed by atoms with Crippen molar-refractivity contribution in [3.05, 3.63) is 66.2 Å². The standard InChI is InChI=1S/C18H19N5OS/c19-23-17(15-9-5-2-6-10-15)21-22-18(23)25-13-16(24)20-12-11-14-7-3-1-4-8-14/h1-10H,11-13,19H2,(H,20,24). The molecule has 7 heteroatoms. The van der Waals surface area contributed by atoms with Crippen LogP contribution in [-0.4, -0.2) is 33.1 Å². The zero-order valence-electron chi connectivity index (χ0n) is 13.6. The van der Waals surface area contributed by atoms with Gasteiger partial charge in [0.2, 0.25) is 11.1 Å². The lowest BCUT2D eigenvalue weighted by Crippen LogP contribution is -2.27. The largest absolute Gasteiger partial charge is 0.355 e. The summed E-state index contributed by atoms with van der Waals surface area (Å²) in [5, 5.41) is 11.6. The van der Waals surface area contributed by atoms with E-state index in [4.69, 9.17) is 5.84 Å². The van der Waals surface area contributed by atoms with Crippen molar-refractivity contribution < 1.29 is 4.79 Å². The number of hydrogen-bond acceptors (Lipinski definition) is 5. The molecule has 3 aromatic rings. The topological polar surface area (TPSA) is 85.8 Å². The lowest BCUT2D eigenvalue weighted by Gasteiger charge is -2.06. The quantitative estimate of drug-likeness (QED) is 0.502. The number of rotatable bonds is 7. The number of carbonyl (C=O) groups excluding carboxylic acids is 1. The fraction of sp³-hybridized carbons (Fsp3) is 0.167. The van der Waals surface area contributed by atoms with Crippen molar-refractivity contribution in [1.29, 1.82) is 0 Å². The molecular formula is C18H19N5OS. The van der Waals surface area contributed by atoms with Crippen molar-refractivity contribution >= 4 is 17.7 Å². The van der Waals surface area contributed by atoms with E-state index in [1.807, 2.05) is 60.7 Å². The van der Waals surface area contributed by atoms with E-state index in [-0.39, 0.29) is 11.7 Å². The molecule has 0 aliphatic heterocycles. The fourth-order valence-corrected chi connectivity index (χ4v) is 3.02. The number of hydrogen-bond donors (Lipinski definition) is 2. The second kappa shape index (κ2) is 8.34. The number of aromatic nitrogens is 3. The predicted octanol–water partition coefficient (Wildman–Crippen LogP) is 2.11. The summed E-state index contributed by atoms with van der Waals surface area (Å²) in [6, 6.07) is 19.6. The van der Waals surface area contributed by atoms with Gasteiger partial charge in [0.1, 0.15) is 0 Å². The highest BCUT2D eigenvalue weighted by Crippen LogP contribution is 2.20. The van der Waals surface area contributed by atoms with Crippen LogP contribution in [0.2, 0.25) is 0 Å². The van der Waals surface area contributed by atoms with Gasteiger partial charge < -0.3 is 11.2 Å². The summed E-state index contributed by atoms with van der Waals surface area (Å²) >= 11 is 1.27. The first-order valence-corrected chi connectivity index (χ1v) is 8.92. The van der Waals surface area contributed by atoms with Crippen LogP contribution in [0.1, 0.15) is 5.56 Å². The molecule has 0 bridgehead atoms. The Morgan fingerprint density at radius 3 is 2.44 bits per heavy atom. The molecule has 1 aromatic heterocycles. The van der Waals surface area contributed by atoms with E-state index in [1.54, 1.807) is 0 Å². The van der Waals surface area contributed by atoms with Gasteiger partial charge in [-0.15, -0.1) is 10.2 Å². The maximum Gasteiger partial charge on any atom is 0.230 e. The average Bonchev–Trinajstić information content (AvgIpc) is 3.02. The molecule has 0 saturated carbocycles. The number of benzene rings is 2. The Bertz CT molecular complexity index is 820. The summed E-state index contributed by atoms with van der Waals surface area (Å²) in [6.07, 6.45) is 0.808. The van der Waals surface area contributed by atoms with Gasteiger partial charge in [0, 0.05) is 12.1 Å². The number of nitrogens with one attached hydrogen (secondary N) is 1. The van der Waals surface area contributed by atoms with Gasteiger partial charge in [0.15, 0.2) is 5.82 Å². The van der Waals surface area contributed by atoms with Crippen LogP contribution in [0.15, 0.2) is 65.8 Å². The molecule has 6 nitrogen and oxygen atoms in total. The van der Waals surface area contributed by atoms with Crippen molar-refractivity contribution in [2.24, 2.45) is 0 Å². The molecule has 0 aliphatic carbocycles. The number of thioether (sulfide) groups is 1. The third-order valence-electron chi connectivity index (χ3n) is 3.61. The Labute approximate surface area is 150 Å². The third kappa shape index (κ3) is 4.60. The van der Waals surface area contributed by atoms with Crippen LogP contribution in [0.4, 0.5) is 0 Å². The number of nitrogens with zero attached hydrogens (tertiary/aromatic N) is 3. The van der Waals surface area contributed by atoms with Crippen LogP contribution in [0.5, 0.6) is 0 Å². The summed E-state index contributed by atoms with van der Waals surface area (Å²) in [5.41, 5.74) is 2.08. The lowest BCUT2D eigenvalue weighted by molar-refractivity contribution is -0.118. The Balaban J connectivity index is 1.48. The maximum atomic E-state index is 12.0. The zero-order valence-corrected chi connectivity index (χ0v) is 14.4. The maximum absolute atomic E-state index is 12.0. The van der Waals surface area contributed by atoms with E-state index in [1.165, 1.54) is 22.0 Å². The zero-order chi connectivity index (χ0) is 17.5. The number of carbonyl (C=O) groups is 1. The Kier molecular flexibility index (Phi) is 5.69. The van der Waals surface area contributed by atoms with Gasteiger partial charge in [-0.05, 0) is 12.0 Å². The van der Waals surface area contributed by atoms with Crippen molar-refractivity contribution in [3.63, 3.8) is 0 Å². The van der Waals surface area contributed by atoms with E-state index < -0.39 is 0 Å². The van der Waals surface area contributed by atoms with E-state index >= 15 is 0 Å². The first kappa shape index (κ1) is 17.0. The number of nitrogens with two attached hydrogens (primary N) is 1. The Morgan fingerprint density at radius 2 is 1.72 bits per heavy atom. The van der Waals surface area contributed by atoms with E-state index in [2.05, 4.69) is 15.5 Å². The van der Waals surface area contributed by atoms with Gasteiger partial charge in [-0.2, -0.15) is 0 Å². The monoisotopic (exact) mass is 353 g/mol. The molecule has 0 aliphatic rings. The van der Waals surface area contributed by atoms with Crippen molar-refractivity contribution in [2.75, 3.05) is 18.1 Å². The first-order valence-electron chi connectivity index (χ1n) is 7.93. The van der Waals surface area contributed by atoms with Crippen LogP contribution in [0, 0.1) is 0 Å². The molecular weight excluding hydrogens is 334 g/mol. The Morgan fingerprint density at radius 1 is 1.04 bits per heavy atom. The molecule has 0 unspecified atom stereocenters. The SMILES string of the molecule is Nn1c(SCC(=O)NCCc2ccccc2)nnc1-c1ccccc1. The minimum atomic E-state index is -0.0507. The second-order valence-corrected chi connectivity index (χ2v) is 6.36. The van der Waals surface area contributed by atoms with E-state index in [9.17, 15) is 4.79 Å². The smallest absolute Gasteiger partial charge is 0.230 e. The molecule has 128 valence electrons. The van der Waals surface area contributed by atoms with Crippen LogP contribution in [0.3, 0.4) is 0 Å². The van der Waals surface area contributed by atoms with Gasteiger partial charge in [-0.1, -0.05) is 72.4 Å². The summed E-state index contributed by atoms with van der Waals surface area (Å²) in [6.45, 7) is 0.605. The molecule has 1 heterocycles. The average molecular weight is 353 g/mol. The van der Waals surface area contributed by atoms with Crippen LogP contribution in [-0.2, 0) is 11.2 Å². The number of nitrogen functional groups attached to an aromatic ring is 1. The first-order chi connectivity index (χ1) is 12.2. The molecule has 2 aromatic carbocycles. The fourth-order valence-electron chi connectivity index (χ4n) is 2.33. The normalized spacial score (nSPS) is 10.6. The number of amides is 1. The molecule has 0 fully saturated rings. The van der Waals surface area contributed by atoms with Gasteiger partial charge in [-0.25, -0.2) is 4.68 Å². The van der Waals surface area contributed by atoms with Crippen LogP contribution in [0.25, 0.3) is 11.4 Å². The van der Waals surface area contributed by atoms with E-state index in [0.717, 1.165) is 12.0 Å². The second-order valence-electron chi connectivity index (χ2n) is 5.42. The highest BCUT2D eigenvalue weighted by atomic mass is 32.2. The summed E-state index contributed by atoms with van der Waals surface area (Å²) in [4.78, 5) is 12.0. The Hall–Kier alpha value is -2.80. The summed E-state index contributed by atoms with van der Waals surface area (Å²) in [7, 11) is 0. The van der Waals surface area contributed by atoms with E-state index in [0.29, 0.717) is 17.5 Å². The molecule has 3 rings (SSSR count). The molecule has 1 amide bonds. The molecule has 0 saturated heterocycles. The summed E-state index contributed by atoms with van der Waals surface area (Å²) < 4.78 is 1.41. The van der Waals surface area contributed by atoms with Crippen molar-refractivity contribution in [3.8, 4) is 11.4 Å². The molecule has 25 heavy (non-hydrogen) atoms. The molecule has 0 radical (unpaired) electrons. The van der Waals surface area contributed by atoms with Crippen LogP contribution >= 0.6 is 11.8 Å². The predicted molar refractivity (Wildman–Crippen MR) is 99.5 cm³/mol. The molecule has 3 N–H and O–H groups in total. The summed E-state index contributed by atoms with van der Waals surface area (Å²) in [5.74, 6) is 6.81. The van der Waals surface area contributed by atoms with Crippen LogP contribution < -0.4 is 11.2 Å². The highest BCUT2D eigenvalue weighted by Gasteiger charge is 2.13. The third-order valence-corrected chi connectivity index (χ3v) is 4.55. The van der Waals surface area contributed by atoms with Gasteiger partial charge in [0.25, 0.3) is 0 Å². The highest BCUT2D eigenvalue weighted by molar-refractivity contribution is 7.99. The minimum absolute atomic E-state index is 0.0507.